The fraction of sp³-hybridized carbons (Fsp3) is 0.417. The molecule has 3 N–H and O–H groups in total. The van der Waals surface area contributed by atoms with Crippen molar-refractivity contribution in [2.45, 2.75) is 26.8 Å². The molecule has 168 valence electrons. The van der Waals surface area contributed by atoms with Gasteiger partial charge in [0.05, 0.1) is 6.61 Å². The zero-order valence-corrected chi connectivity index (χ0v) is 18.7. The predicted molar refractivity (Wildman–Crippen MR) is 125 cm³/mol. The van der Waals surface area contributed by atoms with Gasteiger partial charge in [-0.3, -0.25) is 9.79 Å². The van der Waals surface area contributed by atoms with E-state index in [1.54, 1.807) is 19.2 Å². The van der Waals surface area contributed by atoms with Crippen molar-refractivity contribution < 1.29 is 14.3 Å². The lowest BCUT2D eigenvalue weighted by Gasteiger charge is -2.15. The summed E-state index contributed by atoms with van der Waals surface area (Å²) in [6.45, 7) is 7.67. The van der Waals surface area contributed by atoms with E-state index in [-0.39, 0.29) is 5.91 Å². The molecule has 2 rings (SSSR count). The summed E-state index contributed by atoms with van der Waals surface area (Å²) in [6.07, 6.45) is 0.787. The highest BCUT2D eigenvalue weighted by Gasteiger charge is 2.07. The van der Waals surface area contributed by atoms with Crippen LogP contribution in [0.15, 0.2) is 53.5 Å². The summed E-state index contributed by atoms with van der Waals surface area (Å²) < 4.78 is 11.2. The number of guanidine groups is 1. The number of nitrogens with zero attached hydrogens (tertiary/aromatic N) is 1. The number of benzene rings is 2. The van der Waals surface area contributed by atoms with Gasteiger partial charge >= 0.3 is 0 Å². The molecule has 7 heteroatoms. The highest BCUT2D eigenvalue weighted by molar-refractivity contribution is 5.94. The van der Waals surface area contributed by atoms with Crippen LogP contribution in [0.4, 0.5) is 0 Å². The molecule has 0 saturated heterocycles. The maximum atomic E-state index is 12.0. The quantitative estimate of drug-likeness (QED) is 0.276. The van der Waals surface area contributed by atoms with Crippen molar-refractivity contribution >= 4 is 11.9 Å². The Morgan fingerprint density at radius 3 is 2.52 bits per heavy atom. The molecular weight excluding hydrogens is 392 g/mol. The van der Waals surface area contributed by atoms with E-state index in [2.05, 4.69) is 33.1 Å². The van der Waals surface area contributed by atoms with E-state index in [0.717, 1.165) is 23.3 Å². The number of nitrogens with one attached hydrogen (secondary N) is 3. The lowest BCUT2D eigenvalue weighted by atomic mass is 10.1. The van der Waals surface area contributed by atoms with Crippen molar-refractivity contribution in [2.75, 3.05) is 40.0 Å². The summed E-state index contributed by atoms with van der Waals surface area (Å²) in [7, 11) is 1.74. The second-order valence-electron chi connectivity index (χ2n) is 6.98. The van der Waals surface area contributed by atoms with Gasteiger partial charge in [-0.1, -0.05) is 30.3 Å². The van der Waals surface area contributed by atoms with Crippen LogP contribution in [0.5, 0.6) is 5.75 Å². The fourth-order valence-corrected chi connectivity index (χ4v) is 2.89. The Kier molecular flexibility index (Phi) is 11.0. The fourth-order valence-electron chi connectivity index (χ4n) is 2.89. The number of carbonyl (C=O) groups is 1. The average Bonchev–Trinajstić information content (AvgIpc) is 2.80. The molecule has 31 heavy (non-hydrogen) atoms. The van der Waals surface area contributed by atoms with Crippen LogP contribution < -0.4 is 20.7 Å². The second kappa shape index (κ2) is 14.0. The molecule has 0 aliphatic carbocycles. The number of amides is 1. The van der Waals surface area contributed by atoms with Gasteiger partial charge in [-0.2, -0.15) is 0 Å². The van der Waals surface area contributed by atoms with E-state index >= 15 is 0 Å². The molecule has 2 aromatic rings. The third-order valence-corrected chi connectivity index (χ3v) is 4.55. The zero-order valence-electron chi connectivity index (χ0n) is 18.7. The summed E-state index contributed by atoms with van der Waals surface area (Å²) in [4.78, 5) is 16.3. The van der Waals surface area contributed by atoms with Crippen LogP contribution in [0.2, 0.25) is 0 Å². The molecule has 0 aromatic heterocycles. The minimum absolute atomic E-state index is 0.0562. The van der Waals surface area contributed by atoms with E-state index < -0.39 is 0 Å². The molecular formula is C24H34N4O3. The Bertz CT molecular complexity index is 825. The van der Waals surface area contributed by atoms with Crippen molar-refractivity contribution in [3.63, 3.8) is 0 Å². The number of aryl methyl sites for hydroxylation is 1. The molecule has 1 amide bonds. The number of rotatable bonds is 12. The molecule has 0 radical (unpaired) electrons. The van der Waals surface area contributed by atoms with Gasteiger partial charge < -0.3 is 25.4 Å². The highest BCUT2D eigenvalue weighted by Crippen LogP contribution is 2.20. The molecule has 0 heterocycles. The Labute approximate surface area is 185 Å². The Balaban J connectivity index is 1.72. The minimum atomic E-state index is -0.0562. The highest BCUT2D eigenvalue weighted by atomic mass is 16.5. The maximum absolute atomic E-state index is 12.0. The topological polar surface area (TPSA) is 84.0 Å². The predicted octanol–water partition coefficient (Wildman–Crippen LogP) is 2.90. The smallest absolute Gasteiger partial charge is 0.251 e. The zero-order chi connectivity index (χ0) is 22.3. The molecule has 0 bridgehead atoms. The molecule has 0 aliphatic heterocycles. The van der Waals surface area contributed by atoms with Crippen LogP contribution in [0.3, 0.4) is 0 Å². The minimum Gasteiger partial charge on any atom is -0.491 e. The first kappa shape index (κ1) is 24.2. The summed E-state index contributed by atoms with van der Waals surface area (Å²) in [5.74, 6) is 1.50. The molecule has 0 aliphatic rings. The van der Waals surface area contributed by atoms with Gasteiger partial charge in [0.25, 0.3) is 5.91 Å². The van der Waals surface area contributed by atoms with Gasteiger partial charge in [0, 0.05) is 44.4 Å². The van der Waals surface area contributed by atoms with E-state index in [1.807, 2.05) is 38.1 Å². The lowest BCUT2D eigenvalue weighted by molar-refractivity contribution is 0.0953. The lowest BCUT2D eigenvalue weighted by Crippen LogP contribution is -2.38. The van der Waals surface area contributed by atoms with E-state index in [4.69, 9.17) is 9.47 Å². The van der Waals surface area contributed by atoms with Crippen LogP contribution in [0.1, 0.15) is 34.8 Å². The van der Waals surface area contributed by atoms with Crippen LogP contribution in [-0.2, 0) is 11.3 Å². The number of aliphatic imine (C=N–C) groups is 1. The van der Waals surface area contributed by atoms with Crippen LogP contribution in [0.25, 0.3) is 0 Å². The van der Waals surface area contributed by atoms with E-state index in [0.29, 0.717) is 51.0 Å². The summed E-state index contributed by atoms with van der Waals surface area (Å²) in [5, 5.41) is 9.51. The van der Waals surface area contributed by atoms with Crippen molar-refractivity contribution in [3.8, 4) is 5.75 Å². The number of hydrogen-bond donors (Lipinski definition) is 3. The molecule has 0 saturated carbocycles. The first-order valence-corrected chi connectivity index (χ1v) is 10.7. The number of ether oxygens (including phenoxy) is 2. The Morgan fingerprint density at radius 2 is 1.77 bits per heavy atom. The monoisotopic (exact) mass is 426 g/mol. The van der Waals surface area contributed by atoms with Gasteiger partial charge in [-0.25, -0.2) is 0 Å². The van der Waals surface area contributed by atoms with Crippen LogP contribution in [0, 0.1) is 6.92 Å². The first-order valence-electron chi connectivity index (χ1n) is 10.7. The van der Waals surface area contributed by atoms with Crippen LogP contribution in [-0.4, -0.2) is 51.8 Å². The third-order valence-electron chi connectivity index (χ3n) is 4.55. The molecule has 0 spiro atoms. The summed E-state index contributed by atoms with van der Waals surface area (Å²) in [6, 6.07) is 15.4. The number of hydrogen-bond acceptors (Lipinski definition) is 4. The normalized spacial score (nSPS) is 11.1. The Hall–Kier alpha value is -3.06. The van der Waals surface area contributed by atoms with Crippen molar-refractivity contribution in [1.82, 2.24) is 16.0 Å². The van der Waals surface area contributed by atoms with Gasteiger partial charge in [-0.05, 0) is 44.0 Å². The number of carbonyl (C=O) groups excluding carboxylic acids is 1. The average molecular weight is 427 g/mol. The van der Waals surface area contributed by atoms with Crippen LogP contribution >= 0.6 is 0 Å². The molecule has 7 nitrogen and oxygen atoms in total. The SMILES string of the molecule is CCOCCOc1cc(C)ccc1CNC(=NC)NCCCNC(=O)c1ccccc1. The van der Waals surface area contributed by atoms with Gasteiger partial charge in [-0.15, -0.1) is 0 Å². The molecule has 0 unspecified atom stereocenters. The second-order valence-corrected chi connectivity index (χ2v) is 6.98. The standard InChI is InChI=1S/C24H34N4O3/c1-4-30-15-16-31-22-17-19(2)11-12-21(22)18-28-24(25-3)27-14-8-13-26-23(29)20-9-6-5-7-10-20/h5-7,9-12,17H,4,8,13-16,18H2,1-3H3,(H,26,29)(H2,25,27,28). The molecule has 0 atom stereocenters. The van der Waals surface area contributed by atoms with Crippen molar-refractivity contribution in [2.24, 2.45) is 4.99 Å². The van der Waals surface area contributed by atoms with Crippen molar-refractivity contribution in [3.05, 3.63) is 65.2 Å². The summed E-state index contributed by atoms with van der Waals surface area (Å²) >= 11 is 0. The molecule has 0 fully saturated rings. The first-order chi connectivity index (χ1) is 15.1. The Morgan fingerprint density at radius 1 is 1.00 bits per heavy atom. The molecule has 2 aromatic carbocycles. The van der Waals surface area contributed by atoms with Gasteiger partial charge in [0.15, 0.2) is 5.96 Å². The van der Waals surface area contributed by atoms with Crippen molar-refractivity contribution in [1.29, 1.82) is 0 Å². The third kappa shape index (κ3) is 9.09. The summed E-state index contributed by atoms with van der Waals surface area (Å²) in [5.41, 5.74) is 2.88. The van der Waals surface area contributed by atoms with Gasteiger partial charge in [0.2, 0.25) is 0 Å². The largest absolute Gasteiger partial charge is 0.491 e. The maximum Gasteiger partial charge on any atom is 0.251 e. The van der Waals surface area contributed by atoms with Gasteiger partial charge in [0.1, 0.15) is 12.4 Å². The van der Waals surface area contributed by atoms with E-state index in [9.17, 15) is 4.79 Å². The van der Waals surface area contributed by atoms with E-state index in [1.165, 1.54) is 0 Å².